The van der Waals surface area contributed by atoms with E-state index < -0.39 is 10.9 Å². The molecule has 1 aromatic rings. The SMILES string of the molecule is CC(N)COc1ccc(OCCO[N+](=O)[O-])cc1F. The Kier molecular flexibility index (Phi) is 5.80. The molecule has 0 fully saturated rings. The lowest BCUT2D eigenvalue weighted by molar-refractivity contribution is -0.757. The summed E-state index contributed by atoms with van der Waals surface area (Å²) >= 11 is 0. The molecule has 19 heavy (non-hydrogen) atoms. The standard InChI is InChI=1S/C11H15FN2O5/c1-8(13)7-18-11-3-2-9(6-10(11)12)17-4-5-19-14(15)16/h2-3,6,8H,4-5,7,13H2,1H3. The lowest BCUT2D eigenvalue weighted by Crippen LogP contribution is -2.23. The van der Waals surface area contributed by atoms with Gasteiger partial charge in [-0.05, 0) is 19.1 Å². The average molecular weight is 274 g/mol. The van der Waals surface area contributed by atoms with Crippen LogP contribution in [0.1, 0.15) is 6.92 Å². The molecule has 1 unspecified atom stereocenters. The van der Waals surface area contributed by atoms with Crippen LogP contribution in [0.4, 0.5) is 4.39 Å². The number of benzene rings is 1. The predicted molar refractivity (Wildman–Crippen MR) is 64.0 cm³/mol. The fourth-order valence-corrected chi connectivity index (χ4v) is 1.18. The van der Waals surface area contributed by atoms with Crippen molar-refractivity contribution in [2.24, 2.45) is 5.73 Å². The van der Waals surface area contributed by atoms with Crippen LogP contribution in [-0.4, -0.2) is 30.9 Å². The third kappa shape index (κ3) is 5.87. The van der Waals surface area contributed by atoms with E-state index in [-0.39, 0.29) is 37.4 Å². The molecule has 0 radical (unpaired) electrons. The van der Waals surface area contributed by atoms with Gasteiger partial charge in [-0.25, -0.2) is 4.39 Å². The molecule has 1 atom stereocenters. The summed E-state index contributed by atoms with van der Waals surface area (Å²) in [7, 11) is 0. The molecule has 0 aliphatic carbocycles. The van der Waals surface area contributed by atoms with Gasteiger partial charge in [0.15, 0.2) is 11.6 Å². The molecule has 7 nitrogen and oxygen atoms in total. The molecule has 1 aromatic carbocycles. The Morgan fingerprint density at radius 1 is 1.42 bits per heavy atom. The summed E-state index contributed by atoms with van der Waals surface area (Å²) in [5.74, 6) is -0.280. The third-order valence-corrected chi connectivity index (χ3v) is 1.95. The lowest BCUT2D eigenvalue weighted by atomic mass is 10.3. The molecule has 0 aromatic heterocycles. The Morgan fingerprint density at radius 2 is 2.16 bits per heavy atom. The molecule has 2 N–H and O–H groups in total. The average Bonchev–Trinajstić information content (AvgIpc) is 2.33. The molecule has 0 amide bonds. The zero-order chi connectivity index (χ0) is 14.3. The van der Waals surface area contributed by atoms with E-state index in [2.05, 4.69) is 4.84 Å². The molecule has 0 bridgehead atoms. The Labute approximate surface area is 109 Å². The summed E-state index contributed by atoms with van der Waals surface area (Å²) in [6.07, 6.45) is 0. The van der Waals surface area contributed by atoms with E-state index in [4.69, 9.17) is 15.2 Å². The summed E-state index contributed by atoms with van der Waals surface area (Å²) < 4.78 is 23.8. The summed E-state index contributed by atoms with van der Waals surface area (Å²) in [6, 6.07) is 3.82. The highest BCUT2D eigenvalue weighted by atomic mass is 19.1. The molecule has 0 aliphatic rings. The molecule has 0 saturated heterocycles. The van der Waals surface area contributed by atoms with Gasteiger partial charge in [0.05, 0.1) is 0 Å². The number of hydrogen-bond donors (Lipinski definition) is 1. The number of nitrogens with zero attached hydrogens (tertiary/aromatic N) is 1. The van der Waals surface area contributed by atoms with Crippen LogP contribution >= 0.6 is 0 Å². The molecule has 8 heteroatoms. The largest absolute Gasteiger partial charge is 0.491 e. The second kappa shape index (κ2) is 7.37. The van der Waals surface area contributed by atoms with Gasteiger partial charge in [-0.1, -0.05) is 0 Å². The summed E-state index contributed by atoms with van der Waals surface area (Å²) in [4.78, 5) is 13.9. The molecule has 0 heterocycles. The molecule has 0 spiro atoms. The van der Waals surface area contributed by atoms with Crippen LogP contribution in [0.2, 0.25) is 0 Å². The van der Waals surface area contributed by atoms with Gasteiger partial charge >= 0.3 is 0 Å². The van der Waals surface area contributed by atoms with Crippen LogP contribution in [0.3, 0.4) is 0 Å². The first-order valence-electron chi connectivity index (χ1n) is 5.57. The molecule has 106 valence electrons. The Bertz CT molecular complexity index is 428. The van der Waals surface area contributed by atoms with E-state index >= 15 is 0 Å². The van der Waals surface area contributed by atoms with Crippen LogP contribution in [0.5, 0.6) is 11.5 Å². The van der Waals surface area contributed by atoms with Gasteiger partial charge in [0.1, 0.15) is 25.6 Å². The second-order valence-corrected chi connectivity index (χ2v) is 3.79. The predicted octanol–water partition coefficient (Wildman–Crippen LogP) is 1.14. The first-order chi connectivity index (χ1) is 8.99. The van der Waals surface area contributed by atoms with Crippen LogP contribution in [0.25, 0.3) is 0 Å². The maximum absolute atomic E-state index is 13.6. The topological polar surface area (TPSA) is 96.9 Å². The van der Waals surface area contributed by atoms with Crippen LogP contribution in [-0.2, 0) is 4.84 Å². The van der Waals surface area contributed by atoms with Crippen LogP contribution in [0, 0.1) is 15.9 Å². The van der Waals surface area contributed by atoms with Crippen molar-refractivity contribution in [1.29, 1.82) is 0 Å². The maximum atomic E-state index is 13.6. The fraction of sp³-hybridized carbons (Fsp3) is 0.455. The number of halogens is 1. The third-order valence-electron chi connectivity index (χ3n) is 1.95. The fourth-order valence-electron chi connectivity index (χ4n) is 1.18. The van der Waals surface area contributed by atoms with Crippen LogP contribution in [0.15, 0.2) is 18.2 Å². The first kappa shape index (κ1) is 15.0. The number of ether oxygens (including phenoxy) is 2. The van der Waals surface area contributed by atoms with Gasteiger partial charge in [0.2, 0.25) is 0 Å². The highest BCUT2D eigenvalue weighted by molar-refractivity contribution is 5.33. The van der Waals surface area contributed by atoms with Crippen molar-refractivity contribution in [3.8, 4) is 11.5 Å². The van der Waals surface area contributed by atoms with Gasteiger partial charge < -0.3 is 20.0 Å². The molecule has 0 saturated carbocycles. The van der Waals surface area contributed by atoms with Crippen molar-refractivity contribution in [2.75, 3.05) is 19.8 Å². The minimum Gasteiger partial charge on any atom is -0.491 e. The zero-order valence-electron chi connectivity index (χ0n) is 10.4. The molecular formula is C11H15FN2O5. The van der Waals surface area contributed by atoms with Gasteiger partial charge in [-0.15, -0.1) is 10.1 Å². The van der Waals surface area contributed by atoms with Gasteiger partial charge in [-0.2, -0.15) is 0 Å². The maximum Gasteiger partial charge on any atom is 0.294 e. The van der Waals surface area contributed by atoms with Crippen molar-refractivity contribution in [3.05, 3.63) is 34.1 Å². The minimum atomic E-state index is -0.922. The van der Waals surface area contributed by atoms with Gasteiger partial charge in [-0.3, -0.25) is 0 Å². The molecular weight excluding hydrogens is 259 g/mol. The Morgan fingerprint density at radius 3 is 2.74 bits per heavy atom. The minimum absolute atomic E-state index is 0.0551. The monoisotopic (exact) mass is 274 g/mol. The quantitative estimate of drug-likeness (QED) is 0.433. The lowest BCUT2D eigenvalue weighted by Gasteiger charge is -2.11. The summed E-state index contributed by atoms with van der Waals surface area (Å²) in [6.45, 7) is 1.66. The summed E-state index contributed by atoms with van der Waals surface area (Å²) in [5.41, 5.74) is 5.48. The second-order valence-electron chi connectivity index (χ2n) is 3.79. The Hall–Kier alpha value is -2.09. The highest BCUT2D eigenvalue weighted by Crippen LogP contribution is 2.22. The van der Waals surface area contributed by atoms with Crippen LogP contribution < -0.4 is 15.2 Å². The van der Waals surface area contributed by atoms with Crippen molar-refractivity contribution in [1.82, 2.24) is 0 Å². The van der Waals surface area contributed by atoms with E-state index in [0.29, 0.717) is 0 Å². The van der Waals surface area contributed by atoms with Crippen molar-refractivity contribution < 1.29 is 23.8 Å². The van der Waals surface area contributed by atoms with Crippen molar-refractivity contribution in [3.63, 3.8) is 0 Å². The highest BCUT2D eigenvalue weighted by Gasteiger charge is 2.07. The van der Waals surface area contributed by atoms with E-state index in [9.17, 15) is 14.5 Å². The number of hydrogen-bond acceptors (Lipinski definition) is 6. The van der Waals surface area contributed by atoms with E-state index in [1.54, 1.807) is 6.92 Å². The number of rotatable bonds is 8. The number of nitrogens with two attached hydrogens (primary N) is 1. The molecule has 0 aliphatic heterocycles. The smallest absolute Gasteiger partial charge is 0.294 e. The van der Waals surface area contributed by atoms with Gasteiger partial charge in [0.25, 0.3) is 5.09 Å². The Balaban J connectivity index is 2.45. The zero-order valence-corrected chi connectivity index (χ0v) is 10.4. The first-order valence-corrected chi connectivity index (χ1v) is 5.57. The van der Waals surface area contributed by atoms with Crippen molar-refractivity contribution >= 4 is 0 Å². The van der Waals surface area contributed by atoms with Crippen molar-refractivity contribution in [2.45, 2.75) is 13.0 Å². The molecule has 1 rings (SSSR count). The summed E-state index contributed by atoms with van der Waals surface area (Å²) in [5, 5.41) is 8.96. The van der Waals surface area contributed by atoms with E-state index in [1.165, 1.54) is 12.1 Å². The van der Waals surface area contributed by atoms with E-state index in [1.807, 2.05) is 0 Å². The normalized spacial score (nSPS) is 11.7. The van der Waals surface area contributed by atoms with Gasteiger partial charge in [0, 0.05) is 12.1 Å². The van der Waals surface area contributed by atoms with E-state index in [0.717, 1.165) is 6.07 Å².